The Labute approximate surface area is 232 Å². The number of rotatable bonds is 8. The van der Waals surface area contributed by atoms with Crippen LogP contribution in [0, 0.1) is 16.3 Å². The molecule has 4 aromatic rings. The Morgan fingerprint density at radius 3 is 2.50 bits per heavy atom. The summed E-state index contributed by atoms with van der Waals surface area (Å²) in [6.45, 7) is 1.82. The Hall–Kier alpha value is -4.06. The van der Waals surface area contributed by atoms with Gasteiger partial charge in [0, 0.05) is 28.8 Å². The molecule has 0 saturated carbocycles. The Balaban J connectivity index is 1.79. The molecule has 1 amide bonds. The molecule has 0 aliphatic rings. The summed E-state index contributed by atoms with van der Waals surface area (Å²) in [5.74, 6) is -0.187. The lowest BCUT2D eigenvalue weighted by molar-refractivity contribution is 0.0948. The number of nitrogens with zero attached hydrogens (tertiary/aromatic N) is 1. The van der Waals surface area contributed by atoms with E-state index in [0.29, 0.717) is 14.9 Å². The van der Waals surface area contributed by atoms with E-state index < -0.39 is 17.3 Å². The van der Waals surface area contributed by atoms with Gasteiger partial charge in [-0.2, -0.15) is 0 Å². The monoisotopic (exact) mass is 629 g/mol. The summed E-state index contributed by atoms with van der Waals surface area (Å²) < 4.78 is 27.8. The average molecular weight is 629 g/mol. The summed E-state index contributed by atoms with van der Waals surface area (Å²) in [7, 11) is 3.04. The van der Waals surface area contributed by atoms with E-state index in [1.165, 1.54) is 35.9 Å². The summed E-state index contributed by atoms with van der Waals surface area (Å²) in [5, 5.41) is 15.9. The first kappa shape index (κ1) is 27.0. The Morgan fingerprint density at radius 1 is 1.08 bits per heavy atom. The van der Waals surface area contributed by atoms with Gasteiger partial charge in [-0.1, -0.05) is 18.2 Å². The number of nitrogens with one attached hydrogen (secondary N) is 2. The van der Waals surface area contributed by atoms with Crippen LogP contribution in [0.4, 0.5) is 15.9 Å². The van der Waals surface area contributed by atoms with Crippen molar-refractivity contribution in [2.24, 2.45) is 7.05 Å². The zero-order valence-electron chi connectivity index (χ0n) is 20.8. The van der Waals surface area contributed by atoms with Crippen molar-refractivity contribution in [3.8, 4) is 23.0 Å². The third-order valence-electron chi connectivity index (χ3n) is 5.90. The molecule has 0 bridgehead atoms. The Kier molecular flexibility index (Phi) is 8.20. The third kappa shape index (κ3) is 5.91. The number of ether oxygens (including phenoxy) is 2. The van der Waals surface area contributed by atoms with Gasteiger partial charge in [0.25, 0.3) is 11.5 Å². The quantitative estimate of drug-likeness (QED) is 0.219. The van der Waals surface area contributed by atoms with Gasteiger partial charge in [0.2, 0.25) is 0 Å². The number of halogens is 2. The fourth-order valence-electron chi connectivity index (χ4n) is 3.69. The van der Waals surface area contributed by atoms with Crippen LogP contribution in [0.25, 0.3) is 0 Å². The highest BCUT2D eigenvalue weighted by molar-refractivity contribution is 14.1. The molecule has 0 radical (unpaired) electrons. The summed E-state index contributed by atoms with van der Waals surface area (Å²) in [6, 6.07) is 17.6. The van der Waals surface area contributed by atoms with Crippen molar-refractivity contribution in [1.29, 1.82) is 0 Å². The van der Waals surface area contributed by atoms with E-state index in [-0.39, 0.29) is 40.9 Å². The number of phenolic OH excluding ortho intramolecular Hbond substituents is 1. The molecular weight excluding hydrogens is 604 g/mol. The van der Waals surface area contributed by atoms with Gasteiger partial charge in [-0.25, -0.2) is 4.39 Å². The third-order valence-corrected chi connectivity index (χ3v) is 6.57. The number of amides is 1. The van der Waals surface area contributed by atoms with E-state index in [4.69, 9.17) is 9.47 Å². The number of phenols is 1. The number of carbonyl (C=O) groups excluding carboxylic acids is 1. The van der Waals surface area contributed by atoms with Crippen LogP contribution in [-0.2, 0) is 13.6 Å². The molecule has 3 aromatic carbocycles. The lowest BCUT2D eigenvalue weighted by Crippen LogP contribution is -2.29. The standard InChI is InChI=1S/C28H25FIN3O5/c1-16-22(34)5-4-6-23(16)38-24-14-25(35)33(2)27(32-21-12-9-18(30)13-20(21)29)26(24)28(36)31-15-17-7-10-19(37-3)11-8-17/h4-14,32,34H,15H2,1-3H3,(H,31,36). The molecule has 0 fully saturated rings. The van der Waals surface area contributed by atoms with E-state index >= 15 is 0 Å². The number of aromatic hydroxyl groups is 1. The van der Waals surface area contributed by atoms with E-state index in [1.807, 2.05) is 34.7 Å². The molecule has 1 heterocycles. The van der Waals surface area contributed by atoms with Crippen LogP contribution >= 0.6 is 22.6 Å². The van der Waals surface area contributed by atoms with Crippen molar-refractivity contribution in [2.45, 2.75) is 13.5 Å². The van der Waals surface area contributed by atoms with E-state index in [1.54, 1.807) is 44.4 Å². The number of carbonyl (C=O) groups is 1. The smallest absolute Gasteiger partial charge is 0.259 e. The highest BCUT2D eigenvalue weighted by Gasteiger charge is 2.24. The number of methoxy groups -OCH3 is 1. The van der Waals surface area contributed by atoms with Gasteiger partial charge in [-0.15, -0.1) is 0 Å². The number of aromatic nitrogens is 1. The normalized spacial score (nSPS) is 10.7. The maximum atomic E-state index is 14.8. The lowest BCUT2D eigenvalue weighted by Gasteiger charge is -2.20. The van der Waals surface area contributed by atoms with Crippen molar-refractivity contribution >= 4 is 40.0 Å². The second kappa shape index (κ2) is 11.5. The molecule has 0 aliphatic heterocycles. The highest BCUT2D eigenvalue weighted by Crippen LogP contribution is 2.35. The van der Waals surface area contributed by atoms with Crippen molar-refractivity contribution in [3.63, 3.8) is 0 Å². The lowest BCUT2D eigenvalue weighted by atomic mass is 10.1. The van der Waals surface area contributed by atoms with Gasteiger partial charge in [0.1, 0.15) is 40.2 Å². The van der Waals surface area contributed by atoms with E-state index in [9.17, 15) is 19.1 Å². The van der Waals surface area contributed by atoms with Crippen LogP contribution in [0.15, 0.2) is 71.5 Å². The zero-order valence-corrected chi connectivity index (χ0v) is 23.0. The predicted octanol–water partition coefficient (Wildman–Crippen LogP) is 5.62. The molecule has 0 aliphatic carbocycles. The molecule has 3 N–H and O–H groups in total. The fourth-order valence-corrected chi connectivity index (χ4v) is 4.14. The van der Waals surface area contributed by atoms with Gasteiger partial charge in [-0.3, -0.25) is 14.2 Å². The first-order valence-electron chi connectivity index (χ1n) is 11.5. The molecule has 196 valence electrons. The van der Waals surface area contributed by atoms with Crippen molar-refractivity contribution in [2.75, 3.05) is 12.4 Å². The maximum absolute atomic E-state index is 14.8. The molecule has 1 aromatic heterocycles. The number of benzene rings is 3. The molecule has 38 heavy (non-hydrogen) atoms. The second-order valence-corrected chi connectivity index (χ2v) is 9.66. The van der Waals surface area contributed by atoms with Crippen LogP contribution < -0.4 is 25.7 Å². The average Bonchev–Trinajstić information content (AvgIpc) is 2.90. The van der Waals surface area contributed by atoms with Crippen molar-refractivity contribution in [1.82, 2.24) is 9.88 Å². The molecule has 10 heteroatoms. The molecule has 0 unspecified atom stereocenters. The van der Waals surface area contributed by atoms with E-state index in [2.05, 4.69) is 10.6 Å². The van der Waals surface area contributed by atoms with Gasteiger partial charge < -0.3 is 25.2 Å². The van der Waals surface area contributed by atoms with Crippen molar-refractivity contribution < 1.29 is 23.8 Å². The summed E-state index contributed by atoms with van der Waals surface area (Å²) >= 11 is 1.99. The minimum absolute atomic E-state index is 0.00357. The van der Waals surface area contributed by atoms with Crippen LogP contribution in [0.1, 0.15) is 21.5 Å². The minimum atomic E-state index is -0.558. The van der Waals surface area contributed by atoms with Gasteiger partial charge in [0.05, 0.1) is 12.8 Å². The van der Waals surface area contributed by atoms with Crippen LogP contribution in [0.2, 0.25) is 0 Å². The topological polar surface area (TPSA) is 102 Å². The second-order valence-electron chi connectivity index (χ2n) is 8.41. The largest absolute Gasteiger partial charge is 0.508 e. The van der Waals surface area contributed by atoms with Crippen LogP contribution in [0.3, 0.4) is 0 Å². The number of hydrogen-bond donors (Lipinski definition) is 3. The molecule has 8 nitrogen and oxygen atoms in total. The number of pyridine rings is 1. The first-order chi connectivity index (χ1) is 18.2. The van der Waals surface area contributed by atoms with Gasteiger partial charge in [0.15, 0.2) is 0 Å². The number of anilines is 2. The maximum Gasteiger partial charge on any atom is 0.259 e. The summed E-state index contributed by atoms with van der Waals surface area (Å²) in [6.07, 6.45) is 0. The molecule has 0 atom stereocenters. The summed E-state index contributed by atoms with van der Waals surface area (Å²) in [4.78, 5) is 26.5. The zero-order chi connectivity index (χ0) is 27.4. The predicted molar refractivity (Wildman–Crippen MR) is 151 cm³/mol. The first-order valence-corrected chi connectivity index (χ1v) is 12.6. The summed E-state index contributed by atoms with van der Waals surface area (Å²) in [5.41, 5.74) is 0.818. The van der Waals surface area contributed by atoms with Gasteiger partial charge in [-0.05, 0) is 77.5 Å². The number of hydrogen-bond acceptors (Lipinski definition) is 6. The Morgan fingerprint density at radius 2 is 1.82 bits per heavy atom. The molecule has 4 rings (SSSR count). The minimum Gasteiger partial charge on any atom is -0.508 e. The van der Waals surface area contributed by atoms with Crippen molar-refractivity contribution in [3.05, 3.63) is 103 Å². The van der Waals surface area contributed by atoms with E-state index in [0.717, 1.165) is 5.56 Å². The van der Waals surface area contributed by atoms with Crippen LogP contribution in [-0.4, -0.2) is 22.7 Å². The SMILES string of the molecule is COc1ccc(CNC(=O)c2c(Oc3cccc(O)c3C)cc(=O)n(C)c2Nc2ccc(I)cc2F)cc1. The molecule has 0 saturated heterocycles. The Bertz CT molecular complexity index is 1550. The van der Waals surface area contributed by atoms with Gasteiger partial charge >= 0.3 is 0 Å². The molecule has 0 spiro atoms. The fraction of sp³-hybridized carbons (Fsp3) is 0.143. The van der Waals surface area contributed by atoms with Crippen LogP contribution in [0.5, 0.6) is 23.0 Å². The highest BCUT2D eigenvalue weighted by atomic mass is 127. The molecular formula is C28H25FIN3O5.